The maximum absolute atomic E-state index is 3.44. The summed E-state index contributed by atoms with van der Waals surface area (Å²) in [7, 11) is 2.00. The Morgan fingerprint density at radius 3 is 2.86 bits per heavy atom. The number of nitrogens with one attached hydrogen (secondary N) is 1. The van der Waals surface area contributed by atoms with E-state index in [-0.39, 0.29) is 0 Å². The minimum atomic E-state index is 0.493. The Labute approximate surface area is 51.3 Å². The van der Waals surface area contributed by atoms with Crippen molar-refractivity contribution >= 4 is 22.1 Å². The first-order chi connectivity index (χ1) is 3.30. The van der Waals surface area contributed by atoms with E-state index in [1.54, 1.807) is 0 Å². The van der Waals surface area contributed by atoms with Crippen LogP contribution in [0.3, 0.4) is 0 Å². The van der Waals surface area contributed by atoms with Crippen molar-refractivity contribution in [2.45, 2.75) is 11.4 Å². The van der Waals surface area contributed by atoms with E-state index in [0.29, 0.717) is 4.95 Å². The van der Waals surface area contributed by atoms with Crippen LogP contribution in [0, 0.1) is 0 Å². The normalized spacial score (nSPS) is 29.4. The number of hydrazone groups is 1. The van der Waals surface area contributed by atoms with Crippen LogP contribution in [0.25, 0.3) is 0 Å². The summed E-state index contributed by atoms with van der Waals surface area (Å²) in [6.07, 6.45) is 3.11. The summed E-state index contributed by atoms with van der Waals surface area (Å²) < 4.78 is 0. The van der Waals surface area contributed by atoms with Crippen LogP contribution in [0.15, 0.2) is 0 Å². The second-order valence-electron chi connectivity index (χ2n) is 1.61. The second kappa shape index (κ2) is 1.82. The molecule has 3 heteroatoms. The van der Waals surface area contributed by atoms with Gasteiger partial charge >= 0.3 is 0 Å². The zero-order valence-corrected chi connectivity index (χ0v) is 5.77. The van der Waals surface area contributed by atoms with Gasteiger partial charge in [0.05, 0.1) is 13.5 Å². The second-order valence-corrected chi connectivity index (χ2v) is 2.67. The molecule has 1 atom stereocenters. The molecule has 1 aliphatic rings. The quantitative estimate of drug-likeness (QED) is 0.363. The minimum Gasteiger partial charge on any atom is -0.177 e. The number of hydrazine groups is 1. The molecular formula is C4H8BrN2+. The van der Waals surface area contributed by atoms with E-state index >= 15 is 0 Å². The van der Waals surface area contributed by atoms with E-state index in [0.717, 1.165) is 6.42 Å². The molecule has 0 radical (unpaired) electrons. The molecule has 0 amide bonds. The van der Waals surface area contributed by atoms with Crippen molar-refractivity contribution in [3.8, 4) is 0 Å². The summed E-state index contributed by atoms with van der Waals surface area (Å²) in [4.78, 5) is 0.493. The van der Waals surface area contributed by atoms with Gasteiger partial charge in [0, 0.05) is 0 Å². The van der Waals surface area contributed by atoms with E-state index in [1.165, 1.54) is 0 Å². The number of hydrogen-bond acceptors (Lipinski definition) is 1. The summed E-state index contributed by atoms with van der Waals surface area (Å²) in [5, 5.41) is 5.04. The predicted octanol–water partition coefficient (Wildman–Crippen LogP) is -0.891. The Kier molecular flexibility index (Phi) is 1.32. The van der Waals surface area contributed by atoms with Crippen molar-refractivity contribution < 1.29 is 5.10 Å². The van der Waals surface area contributed by atoms with Gasteiger partial charge in [-0.3, -0.25) is 0 Å². The number of hydrogen-bond donors (Lipinski definition) is 1. The molecule has 2 nitrogen and oxygen atoms in total. The van der Waals surface area contributed by atoms with Gasteiger partial charge in [0.1, 0.15) is 4.95 Å². The van der Waals surface area contributed by atoms with Gasteiger partial charge in [-0.1, -0.05) is 15.9 Å². The zero-order valence-electron chi connectivity index (χ0n) is 4.19. The monoisotopic (exact) mass is 163 g/mol. The van der Waals surface area contributed by atoms with Gasteiger partial charge in [0.25, 0.3) is 0 Å². The van der Waals surface area contributed by atoms with E-state index in [1.807, 2.05) is 18.3 Å². The van der Waals surface area contributed by atoms with Gasteiger partial charge in [0.2, 0.25) is 0 Å². The highest BCUT2D eigenvalue weighted by Crippen LogP contribution is 2.03. The molecule has 0 saturated carbocycles. The Morgan fingerprint density at radius 2 is 2.71 bits per heavy atom. The minimum absolute atomic E-state index is 0.493. The van der Waals surface area contributed by atoms with Crippen molar-refractivity contribution in [3.63, 3.8) is 0 Å². The van der Waals surface area contributed by atoms with Crippen LogP contribution in [0.1, 0.15) is 6.42 Å². The zero-order chi connectivity index (χ0) is 5.28. The van der Waals surface area contributed by atoms with Crippen molar-refractivity contribution in [2.24, 2.45) is 0 Å². The molecule has 1 unspecified atom stereocenters. The molecule has 1 heterocycles. The number of nitrogens with zero attached hydrogens (tertiary/aromatic N) is 1. The molecule has 0 spiro atoms. The van der Waals surface area contributed by atoms with Gasteiger partial charge in [-0.05, 0) is 0 Å². The Morgan fingerprint density at radius 1 is 2.00 bits per heavy atom. The molecule has 0 aromatic heterocycles. The van der Waals surface area contributed by atoms with Gasteiger partial charge in [0.15, 0.2) is 6.21 Å². The average Bonchev–Trinajstić information content (AvgIpc) is 1.91. The molecule has 1 aliphatic heterocycles. The molecule has 1 rings (SSSR count). The van der Waals surface area contributed by atoms with E-state index in [9.17, 15) is 0 Å². The van der Waals surface area contributed by atoms with Crippen LogP contribution in [-0.2, 0) is 0 Å². The fourth-order valence-electron chi connectivity index (χ4n) is 0.533. The molecule has 0 aromatic rings. The van der Waals surface area contributed by atoms with Crippen molar-refractivity contribution in [3.05, 3.63) is 0 Å². The molecule has 7 heavy (non-hydrogen) atoms. The fourth-order valence-corrected chi connectivity index (χ4v) is 0.838. The Bertz CT molecular complexity index is 91.7. The average molecular weight is 164 g/mol. The summed E-state index contributed by atoms with van der Waals surface area (Å²) in [5.74, 6) is 0. The molecule has 40 valence electrons. The van der Waals surface area contributed by atoms with Crippen molar-refractivity contribution in [1.29, 1.82) is 0 Å². The highest BCUT2D eigenvalue weighted by molar-refractivity contribution is 9.09. The summed E-state index contributed by atoms with van der Waals surface area (Å²) >= 11 is 3.44. The lowest BCUT2D eigenvalue weighted by molar-refractivity contribution is -0.626. The third-order valence-electron chi connectivity index (χ3n) is 1.03. The highest BCUT2D eigenvalue weighted by Gasteiger charge is 2.17. The standard InChI is InChI=1S/C4H7BrN2/c1-7-4(5)2-3-6-7/h3-4H,2H2,1H3/p+1. The Balaban J connectivity index is 2.45. The van der Waals surface area contributed by atoms with E-state index < -0.39 is 0 Å². The van der Waals surface area contributed by atoms with E-state index in [4.69, 9.17) is 0 Å². The Hall–Kier alpha value is -0.0500. The molecule has 0 fully saturated rings. The predicted molar refractivity (Wildman–Crippen MR) is 32.1 cm³/mol. The lowest BCUT2D eigenvalue weighted by Gasteiger charge is -2.03. The maximum Gasteiger partial charge on any atom is 0.170 e. The van der Waals surface area contributed by atoms with Gasteiger partial charge in [-0.25, -0.2) is 0 Å². The first-order valence-electron chi connectivity index (χ1n) is 2.25. The molecular weight excluding hydrogens is 156 g/mol. The first-order valence-corrected chi connectivity index (χ1v) is 3.17. The van der Waals surface area contributed by atoms with Crippen LogP contribution < -0.4 is 5.10 Å². The number of halogens is 1. The topological polar surface area (TPSA) is 17.2 Å². The van der Waals surface area contributed by atoms with Gasteiger partial charge in [-0.2, -0.15) is 5.01 Å². The van der Waals surface area contributed by atoms with Crippen LogP contribution in [0.2, 0.25) is 0 Å². The molecule has 0 aromatic carbocycles. The number of alkyl halides is 1. The molecule has 1 N–H and O–H groups in total. The van der Waals surface area contributed by atoms with Gasteiger partial charge < -0.3 is 0 Å². The molecule has 0 bridgehead atoms. The van der Waals surface area contributed by atoms with Crippen LogP contribution in [-0.4, -0.2) is 23.2 Å². The number of rotatable bonds is 0. The van der Waals surface area contributed by atoms with Crippen molar-refractivity contribution in [2.75, 3.05) is 7.05 Å². The molecule has 0 aliphatic carbocycles. The van der Waals surface area contributed by atoms with Crippen LogP contribution in [0.5, 0.6) is 0 Å². The summed E-state index contributed by atoms with van der Waals surface area (Å²) in [5.41, 5.74) is 0. The maximum atomic E-state index is 3.44. The lowest BCUT2D eigenvalue weighted by Crippen LogP contribution is -2.77. The van der Waals surface area contributed by atoms with Gasteiger partial charge in [-0.15, -0.1) is 5.10 Å². The molecule has 0 saturated heterocycles. The lowest BCUT2D eigenvalue weighted by atomic mass is 10.5. The fraction of sp³-hybridized carbons (Fsp3) is 0.750. The third kappa shape index (κ3) is 0.938. The SMILES string of the molecule is CN1[NH+]=CCC1Br. The van der Waals surface area contributed by atoms with Crippen LogP contribution >= 0.6 is 15.9 Å². The summed E-state index contributed by atoms with van der Waals surface area (Å²) in [6, 6.07) is 0. The van der Waals surface area contributed by atoms with E-state index in [2.05, 4.69) is 21.0 Å². The van der Waals surface area contributed by atoms with Crippen molar-refractivity contribution in [1.82, 2.24) is 5.01 Å². The highest BCUT2D eigenvalue weighted by atomic mass is 79.9. The largest absolute Gasteiger partial charge is 0.177 e. The van der Waals surface area contributed by atoms with Crippen LogP contribution in [0.4, 0.5) is 0 Å². The smallest absolute Gasteiger partial charge is 0.170 e. The summed E-state index contributed by atoms with van der Waals surface area (Å²) in [6.45, 7) is 0. The third-order valence-corrected chi connectivity index (χ3v) is 2.02. The first kappa shape index (κ1) is 5.09.